The van der Waals surface area contributed by atoms with E-state index in [0.717, 1.165) is 48.3 Å². The molecule has 186 valence electrons. The van der Waals surface area contributed by atoms with Gasteiger partial charge in [0, 0.05) is 35.4 Å². The fourth-order valence-electron chi connectivity index (χ4n) is 4.81. The number of amides is 2. The lowest BCUT2D eigenvalue weighted by molar-refractivity contribution is 0.240. The first-order chi connectivity index (χ1) is 18.2. The van der Waals surface area contributed by atoms with E-state index in [9.17, 15) is 4.79 Å². The van der Waals surface area contributed by atoms with Crippen molar-refractivity contribution in [1.82, 2.24) is 10.3 Å². The number of hydrogen-bond acceptors (Lipinski definition) is 5. The van der Waals surface area contributed by atoms with E-state index in [-0.39, 0.29) is 18.1 Å². The summed E-state index contributed by atoms with van der Waals surface area (Å²) in [5.41, 5.74) is 3.70. The van der Waals surface area contributed by atoms with Crippen molar-refractivity contribution in [1.29, 1.82) is 5.26 Å². The first-order valence-corrected chi connectivity index (χ1v) is 13.4. The summed E-state index contributed by atoms with van der Waals surface area (Å²) in [5, 5.41) is 17.7. The third kappa shape index (κ3) is 6.16. The number of urea groups is 1. The third-order valence-electron chi connectivity index (χ3n) is 6.76. The summed E-state index contributed by atoms with van der Waals surface area (Å²) in [6.07, 6.45) is 5.23. The highest BCUT2D eigenvalue weighted by Gasteiger charge is 2.30. The van der Waals surface area contributed by atoms with Crippen molar-refractivity contribution < 1.29 is 4.79 Å². The average molecular weight is 508 g/mol. The zero-order valence-corrected chi connectivity index (χ0v) is 21.3. The second-order valence-corrected chi connectivity index (χ2v) is 10.2. The highest BCUT2D eigenvalue weighted by molar-refractivity contribution is 7.13. The summed E-state index contributed by atoms with van der Waals surface area (Å²) in [6, 6.07) is 28.5. The van der Waals surface area contributed by atoms with E-state index in [1.54, 1.807) is 23.6 Å². The Morgan fingerprint density at radius 3 is 2.41 bits per heavy atom. The molecule has 2 amide bonds. The van der Waals surface area contributed by atoms with Crippen LogP contribution < -0.4 is 15.5 Å². The predicted octanol–water partition coefficient (Wildman–Crippen LogP) is 6.82. The smallest absolute Gasteiger partial charge is 0.322 e. The molecular formula is C30H29N5OS. The Morgan fingerprint density at radius 2 is 1.76 bits per heavy atom. The van der Waals surface area contributed by atoms with Crippen LogP contribution >= 0.6 is 11.3 Å². The number of rotatable bonds is 7. The van der Waals surface area contributed by atoms with Crippen LogP contribution in [0.2, 0.25) is 0 Å². The summed E-state index contributed by atoms with van der Waals surface area (Å²) in [7, 11) is 0. The van der Waals surface area contributed by atoms with Gasteiger partial charge in [0.1, 0.15) is 11.9 Å². The van der Waals surface area contributed by atoms with Gasteiger partial charge in [-0.2, -0.15) is 5.26 Å². The van der Waals surface area contributed by atoms with E-state index in [1.807, 2.05) is 41.3 Å². The number of benzene rings is 2. The van der Waals surface area contributed by atoms with Gasteiger partial charge in [-0.3, -0.25) is 4.90 Å². The largest absolute Gasteiger partial charge is 0.367 e. The number of pyridine rings is 1. The molecule has 2 aromatic heterocycles. The molecule has 0 saturated heterocycles. The predicted molar refractivity (Wildman–Crippen MR) is 150 cm³/mol. The lowest BCUT2D eigenvalue weighted by atomic mass is 9.89. The van der Waals surface area contributed by atoms with Gasteiger partial charge in [-0.25, -0.2) is 9.78 Å². The molecule has 1 fully saturated rings. The highest BCUT2D eigenvalue weighted by Crippen LogP contribution is 2.32. The van der Waals surface area contributed by atoms with Gasteiger partial charge in [0.2, 0.25) is 0 Å². The van der Waals surface area contributed by atoms with E-state index in [4.69, 9.17) is 5.26 Å². The van der Waals surface area contributed by atoms with E-state index in [2.05, 4.69) is 63.5 Å². The number of nitriles is 1. The Kier molecular flexibility index (Phi) is 7.78. The van der Waals surface area contributed by atoms with Crippen LogP contribution in [0.25, 0.3) is 10.4 Å². The van der Waals surface area contributed by atoms with Crippen molar-refractivity contribution in [3.63, 3.8) is 0 Å². The molecule has 2 aromatic carbocycles. The number of hydrogen-bond donors (Lipinski definition) is 2. The summed E-state index contributed by atoms with van der Waals surface area (Å²) in [5.74, 6) is 0.782. The van der Waals surface area contributed by atoms with Crippen molar-refractivity contribution in [3.8, 4) is 16.5 Å². The molecule has 0 aliphatic heterocycles. The summed E-state index contributed by atoms with van der Waals surface area (Å²) in [4.78, 5) is 21.0. The van der Waals surface area contributed by atoms with E-state index < -0.39 is 0 Å². The normalized spacial score (nSPS) is 16.9. The number of thiophene rings is 1. The molecule has 1 saturated carbocycles. The average Bonchev–Trinajstić information content (AvgIpc) is 3.50. The van der Waals surface area contributed by atoms with Gasteiger partial charge in [-0.1, -0.05) is 48.5 Å². The second kappa shape index (κ2) is 11.7. The van der Waals surface area contributed by atoms with E-state index in [1.165, 1.54) is 4.88 Å². The Bertz CT molecular complexity index is 1320. The molecule has 2 N–H and O–H groups in total. The minimum absolute atomic E-state index is 0.0714. The first kappa shape index (κ1) is 24.5. The van der Waals surface area contributed by atoms with Crippen molar-refractivity contribution in [2.75, 3.05) is 10.2 Å². The van der Waals surface area contributed by atoms with Crippen LogP contribution in [0.15, 0.2) is 90.4 Å². The number of nitrogens with one attached hydrogen (secondary N) is 2. The fourth-order valence-corrected chi connectivity index (χ4v) is 5.55. The van der Waals surface area contributed by atoms with Gasteiger partial charge in [-0.15, -0.1) is 11.3 Å². The third-order valence-corrected chi connectivity index (χ3v) is 7.68. The quantitative estimate of drug-likeness (QED) is 0.288. The standard InChI is InChI=1S/C30H29N5OS/c31-19-23-8-17-29(32-21-23)34-25-11-15-27(16-12-25)35(30(36)33-20-22-5-2-1-3-6-22)26-13-9-24(10-14-26)28-7-4-18-37-28/h1-10,13-14,17-18,21,25,27H,11-12,15-16,20H2,(H,32,34)(H,33,36). The van der Waals surface area contributed by atoms with Crippen LogP contribution in [-0.2, 0) is 6.54 Å². The first-order valence-electron chi connectivity index (χ1n) is 12.6. The summed E-state index contributed by atoms with van der Waals surface area (Å²) >= 11 is 1.71. The molecule has 5 rings (SSSR count). The number of nitrogens with zero attached hydrogens (tertiary/aromatic N) is 3. The minimum Gasteiger partial charge on any atom is -0.367 e. The van der Waals surface area contributed by atoms with Crippen molar-refractivity contribution >= 4 is 28.9 Å². The lowest BCUT2D eigenvalue weighted by Crippen LogP contribution is -2.48. The van der Waals surface area contributed by atoms with Crippen molar-refractivity contribution in [3.05, 3.63) is 102 Å². The highest BCUT2D eigenvalue weighted by atomic mass is 32.1. The molecule has 2 heterocycles. The van der Waals surface area contributed by atoms with Crippen LogP contribution in [0.5, 0.6) is 0 Å². The number of anilines is 2. The van der Waals surface area contributed by atoms with Gasteiger partial charge in [-0.05, 0) is 72.5 Å². The Hall–Kier alpha value is -4.15. The zero-order valence-electron chi connectivity index (χ0n) is 20.5. The van der Waals surface area contributed by atoms with Crippen LogP contribution in [-0.4, -0.2) is 23.1 Å². The minimum atomic E-state index is -0.0714. The molecule has 0 atom stereocenters. The molecule has 1 aliphatic carbocycles. The Balaban J connectivity index is 1.28. The van der Waals surface area contributed by atoms with Crippen LogP contribution in [0.4, 0.5) is 16.3 Å². The van der Waals surface area contributed by atoms with Gasteiger partial charge >= 0.3 is 6.03 Å². The lowest BCUT2D eigenvalue weighted by Gasteiger charge is -2.37. The summed E-state index contributed by atoms with van der Waals surface area (Å²) in [6.45, 7) is 0.491. The van der Waals surface area contributed by atoms with E-state index in [0.29, 0.717) is 12.1 Å². The second-order valence-electron chi connectivity index (χ2n) is 9.23. The molecule has 0 spiro atoms. The van der Waals surface area contributed by atoms with Crippen molar-refractivity contribution in [2.24, 2.45) is 0 Å². The topological polar surface area (TPSA) is 81.0 Å². The molecular weight excluding hydrogens is 478 g/mol. The molecule has 37 heavy (non-hydrogen) atoms. The monoisotopic (exact) mass is 507 g/mol. The maximum Gasteiger partial charge on any atom is 0.322 e. The maximum atomic E-state index is 13.5. The molecule has 4 aromatic rings. The zero-order chi connectivity index (χ0) is 25.5. The molecule has 0 radical (unpaired) electrons. The van der Waals surface area contributed by atoms with Crippen LogP contribution in [0.3, 0.4) is 0 Å². The van der Waals surface area contributed by atoms with Crippen LogP contribution in [0.1, 0.15) is 36.8 Å². The maximum absolute atomic E-state index is 13.5. The Labute approximate surface area is 221 Å². The van der Waals surface area contributed by atoms with Crippen LogP contribution in [0, 0.1) is 11.3 Å². The fraction of sp³-hybridized carbons (Fsp3) is 0.233. The number of aromatic nitrogens is 1. The molecule has 1 aliphatic rings. The number of carbonyl (C=O) groups excluding carboxylic acids is 1. The molecule has 6 nitrogen and oxygen atoms in total. The van der Waals surface area contributed by atoms with Crippen molar-refractivity contribution in [2.45, 2.75) is 44.3 Å². The number of carbonyl (C=O) groups is 1. The van der Waals surface area contributed by atoms with Gasteiger partial charge in [0.25, 0.3) is 0 Å². The SMILES string of the molecule is N#Cc1ccc(NC2CCC(N(C(=O)NCc3ccccc3)c3ccc(-c4cccs4)cc3)CC2)nc1. The van der Waals surface area contributed by atoms with Gasteiger partial charge < -0.3 is 10.6 Å². The Morgan fingerprint density at radius 1 is 0.973 bits per heavy atom. The van der Waals surface area contributed by atoms with Gasteiger partial charge in [0.15, 0.2) is 0 Å². The molecule has 0 unspecified atom stereocenters. The van der Waals surface area contributed by atoms with E-state index >= 15 is 0 Å². The molecule has 0 bridgehead atoms. The summed E-state index contributed by atoms with van der Waals surface area (Å²) < 4.78 is 0. The van der Waals surface area contributed by atoms with Gasteiger partial charge in [0.05, 0.1) is 5.56 Å². The molecule has 7 heteroatoms.